The Kier molecular flexibility index (Phi) is 4.83. The molecule has 17 heavy (non-hydrogen) atoms. The monoisotopic (exact) mass is 240 g/mol. The summed E-state index contributed by atoms with van der Waals surface area (Å²) in [6.07, 6.45) is 5.65. The first-order chi connectivity index (χ1) is 8.22. The highest BCUT2D eigenvalue weighted by Gasteiger charge is 2.32. The number of methoxy groups -OCH3 is 1. The van der Waals surface area contributed by atoms with Crippen LogP contribution in [-0.2, 0) is 4.74 Å². The second-order valence-electron chi connectivity index (χ2n) is 5.75. The molecule has 1 saturated carbocycles. The Labute approximate surface area is 106 Å². The molecular weight excluding hydrogens is 212 g/mol. The third-order valence-electron chi connectivity index (χ3n) is 4.71. The third-order valence-corrected chi connectivity index (χ3v) is 4.71. The lowest BCUT2D eigenvalue weighted by Gasteiger charge is -2.40. The Bertz CT molecular complexity index is 220. The van der Waals surface area contributed by atoms with E-state index in [1.165, 1.54) is 45.3 Å². The van der Waals surface area contributed by atoms with Crippen LogP contribution in [0.4, 0.5) is 0 Å². The van der Waals surface area contributed by atoms with Crippen molar-refractivity contribution >= 4 is 0 Å². The topological polar surface area (TPSA) is 24.5 Å². The maximum atomic E-state index is 5.33. The van der Waals surface area contributed by atoms with E-state index in [4.69, 9.17) is 4.74 Å². The van der Waals surface area contributed by atoms with Crippen LogP contribution in [0.15, 0.2) is 0 Å². The minimum absolute atomic E-state index is 0.515. The van der Waals surface area contributed by atoms with E-state index in [0.29, 0.717) is 18.2 Å². The molecule has 0 aromatic heterocycles. The smallest absolute Gasteiger partial charge is 0.0601 e. The lowest BCUT2D eigenvalue weighted by atomic mass is 9.85. The summed E-state index contributed by atoms with van der Waals surface area (Å²) in [5.74, 6) is 0.874. The molecule has 1 aliphatic heterocycles. The summed E-state index contributed by atoms with van der Waals surface area (Å²) in [7, 11) is 1.82. The van der Waals surface area contributed by atoms with E-state index in [-0.39, 0.29) is 0 Å². The normalized spacial score (nSPS) is 33.4. The van der Waals surface area contributed by atoms with Gasteiger partial charge in [-0.2, -0.15) is 0 Å². The fourth-order valence-electron chi connectivity index (χ4n) is 3.17. The van der Waals surface area contributed by atoms with Gasteiger partial charge in [0.05, 0.1) is 6.10 Å². The molecule has 1 aliphatic carbocycles. The van der Waals surface area contributed by atoms with Crippen LogP contribution < -0.4 is 5.32 Å². The molecule has 1 saturated heterocycles. The molecule has 3 heteroatoms. The van der Waals surface area contributed by atoms with Gasteiger partial charge in [0.25, 0.3) is 0 Å². The van der Waals surface area contributed by atoms with Crippen LogP contribution in [0.3, 0.4) is 0 Å². The van der Waals surface area contributed by atoms with Crippen LogP contribution >= 0.6 is 0 Å². The van der Waals surface area contributed by atoms with Crippen molar-refractivity contribution in [2.75, 3.05) is 26.7 Å². The largest absolute Gasteiger partial charge is 0.381 e. The van der Waals surface area contributed by atoms with Crippen LogP contribution in [-0.4, -0.2) is 49.8 Å². The Morgan fingerprint density at radius 2 is 1.94 bits per heavy atom. The molecule has 0 amide bonds. The third kappa shape index (κ3) is 3.43. The van der Waals surface area contributed by atoms with Gasteiger partial charge in [0.15, 0.2) is 0 Å². The van der Waals surface area contributed by atoms with Gasteiger partial charge in [-0.25, -0.2) is 0 Å². The number of likely N-dealkylation sites (tertiary alicyclic amines) is 1. The standard InChI is InChI=1S/C14H28N2O/c1-4-16-7-5-12(6-8-16)11(2)15-13-9-14(10-13)17-3/h11-15H,4-10H2,1-3H3. The number of nitrogens with one attached hydrogen (secondary N) is 1. The Hall–Kier alpha value is -0.120. The lowest BCUT2D eigenvalue weighted by Crippen LogP contribution is -2.51. The highest BCUT2D eigenvalue weighted by molar-refractivity contribution is 4.89. The number of ether oxygens (including phenoxy) is 1. The first kappa shape index (κ1) is 13.3. The lowest BCUT2D eigenvalue weighted by molar-refractivity contribution is 0.0109. The van der Waals surface area contributed by atoms with Crippen molar-refractivity contribution in [1.29, 1.82) is 0 Å². The SMILES string of the molecule is CCN1CCC(C(C)NC2CC(OC)C2)CC1. The predicted molar refractivity (Wildman–Crippen MR) is 71.3 cm³/mol. The summed E-state index contributed by atoms with van der Waals surface area (Å²) in [5, 5.41) is 3.78. The predicted octanol–water partition coefficient (Wildman–Crippen LogP) is 1.87. The molecule has 0 aromatic rings. The second kappa shape index (κ2) is 6.17. The minimum Gasteiger partial charge on any atom is -0.381 e. The van der Waals surface area contributed by atoms with Gasteiger partial charge in [0.2, 0.25) is 0 Å². The molecule has 1 N–H and O–H groups in total. The van der Waals surface area contributed by atoms with Gasteiger partial charge in [0.1, 0.15) is 0 Å². The van der Waals surface area contributed by atoms with Crippen molar-refractivity contribution in [3.63, 3.8) is 0 Å². The summed E-state index contributed by atoms with van der Waals surface area (Å²) in [6.45, 7) is 8.43. The highest BCUT2D eigenvalue weighted by atomic mass is 16.5. The number of nitrogens with zero attached hydrogens (tertiary/aromatic N) is 1. The van der Waals surface area contributed by atoms with Crippen molar-refractivity contribution < 1.29 is 4.74 Å². The van der Waals surface area contributed by atoms with Crippen LogP contribution in [0.5, 0.6) is 0 Å². The van der Waals surface area contributed by atoms with E-state index in [1.54, 1.807) is 0 Å². The molecule has 1 unspecified atom stereocenters. The Morgan fingerprint density at radius 3 is 2.47 bits per heavy atom. The van der Waals surface area contributed by atoms with Gasteiger partial charge < -0.3 is 15.0 Å². The van der Waals surface area contributed by atoms with Crippen molar-refractivity contribution in [3.8, 4) is 0 Å². The van der Waals surface area contributed by atoms with Crippen molar-refractivity contribution in [2.24, 2.45) is 5.92 Å². The molecule has 0 radical (unpaired) electrons. The van der Waals surface area contributed by atoms with Gasteiger partial charge in [-0.05, 0) is 58.2 Å². The summed E-state index contributed by atoms with van der Waals surface area (Å²) in [5.41, 5.74) is 0. The Balaban J connectivity index is 1.65. The maximum Gasteiger partial charge on any atom is 0.0601 e. The Morgan fingerprint density at radius 1 is 1.29 bits per heavy atom. The van der Waals surface area contributed by atoms with Gasteiger partial charge in [-0.15, -0.1) is 0 Å². The molecule has 2 aliphatic rings. The van der Waals surface area contributed by atoms with E-state index in [1.807, 2.05) is 7.11 Å². The van der Waals surface area contributed by atoms with Gasteiger partial charge >= 0.3 is 0 Å². The number of piperidine rings is 1. The second-order valence-corrected chi connectivity index (χ2v) is 5.75. The minimum atomic E-state index is 0.515. The first-order valence-corrected chi connectivity index (χ1v) is 7.24. The number of hydrogen-bond donors (Lipinski definition) is 1. The zero-order valence-electron chi connectivity index (χ0n) is 11.6. The number of rotatable bonds is 5. The van der Waals surface area contributed by atoms with Gasteiger partial charge in [-0.1, -0.05) is 6.92 Å². The van der Waals surface area contributed by atoms with Crippen LogP contribution in [0.2, 0.25) is 0 Å². The van der Waals surface area contributed by atoms with Crippen LogP contribution in [0.25, 0.3) is 0 Å². The van der Waals surface area contributed by atoms with Gasteiger partial charge in [0, 0.05) is 19.2 Å². The van der Waals surface area contributed by atoms with Crippen molar-refractivity contribution in [2.45, 2.75) is 57.7 Å². The van der Waals surface area contributed by atoms with E-state index < -0.39 is 0 Å². The molecule has 0 spiro atoms. The zero-order valence-corrected chi connectivity index (χ0v) is 11.6. The van der Waals surface area contributed by atoms with Crippen LogP contribution in [0.1, 0.15) is 39.5 Å². The quantitative estimate of drug-likeness (QED) is 0.794. The fraction of sp³-hybridized carbons (Fsp3) is 1.00. The average Bonchev–Trinajstić information content (AvgIpc) is 2.33. The molecular formula is C14H28N2O. The molecule has 3 nitrogen and oxygen atoms in total. The van der Waals surface area contributed by atoms with E-state index >= 15 is 0 Å². The average molecular weight is 240 g/mol. The van der Waals surface area contributed by atoms with E-state index in [9.17, 15) is 0 Å². The first-order valence-electron chi connectivity index (χ1n) is 7.24. The fourth-order valence-corrected chi connectivity index (χ4v) is 3.17. The van der Waals surface area contributed by atoms with E-state index in [0.717, 1.165) is 5.92 Å². The van der Waals surface area contributed by atoms with Crippen molar-refractivity contribution in [3.05, 3.63) is 0 Å². The molecule has 2 rings (SSSR count). The van der Waals surface area contributed by atoms with Gasteiger partial charge in [-0.3, -0.25) is 0 Å². The summed E-state index contributed by atoms with van der Waals surface area (Å²) in [4.78, 5) is 2.56. The maximum absolute atomic E-state index is 5.33. The zero-order chi connectivity index (χ0) is 12.3. The summed E-state index contributed by atoms with van der Waals surface area (Å²) in [6, 6.07) is 1.39. The molecule has 1 atom stereocenters. The van der Waals surface area contributed by atoms with E-state index in [2.05, 4.69) is 24.1 Å². The molecule has 0 aromatic carbocycles. The van der Waals surface area contributed by atoms with Crippen LogP contribution in [0, 0.1) is 5.92 Å². The molecule has 1 heterocycles. The molecule has 0 bridgehead atoms. The molecule has 100 valence electrons. The summed E-state index contributed by atoms with van der Waals surface area (Å²) < 4.78 is 5.33. The van der Waals surface area contributed by atoms with Crippen molar-refractivity contribution in [1.82, 2.24) is 10.2 Å². The highest BCUT2D eigenvalue weighted by Crippen LogP contribution is 2.26. The molecule has 2 fully saturated rings. The number of hydrogen-bond acceptors (Lipinski definition) is 3. The summed E-state index contributed by atoms with van der Waals surface area (Å²) >= 11 is 0.